The van der Waals surface area contributed by atoms with Crippen molar-refractivity contribution >= 4 is 22.5 Å². The summed E-state index contributed by atoms with van der Waals surface area (Å²) in [5, 5.41) is 10.6. The molecular formula is C19H16FN5O3. The first-order chi connectivity index (χ1) is 13.5. The van der Waals surface area contributed by atoms with Crippen molar-refractivity contribution in [2.75, 3.05) is 7.11 Å². The van der Waals surface area contributed by atoms with Gasteiger partial charge in [-0.05, 0) is 42.8 Å². The molecule has 0 saturated carbocycles. The van der Waals surface area contributed by atoms with Gasteiger partial charge in [0.05, 0.1) is 24.2 Å². The number of nitrogens with one attached hydrogen (secondary N) is 2. The molecule has 2 aromatic carbocycles. The number of amides is 1. The molecule has 0 aliphatic carbocycles. The van der Waals surface area contributed by atoms with Gasteiger partial charge in [0.1, 0.15) is 11.6 Å². The Morgan fingerprint density at radius 3 is 2.89 bits per heavy atom. The molecule has 4 aromatic rings. The van der Waals surface area contributed by atoms with Crippen LogP contribution < -0.4 is 15.6 Å². The summed E-state index contributed by atoms with van der Waals surface area (Å²) >= 11 is 0. The van der Waals surface area contributed by atoms with E-state index in [0.717, 1.165) is 5.56 Å². The Bertz CT molecular complexity index is 1260. The molecule has 2 heterocycles. The Kier molecular flexibility index (Phi) is 4.26. The number of carbonyl (C=O) groups is 1. The van der Waals surface area contributed by atoms with Crippen LogP contribution in [-0.4, -0.2) is 32.8 Å². The molecule has 8 nitrogen and oxygen atoms in total. The lowest BCUT2D eigenvalue weighted by Gasteiger charge is -2.14. The molecule has 2 N–H and O–H groups in total. The van der Waals surface area contributed by atoms with E-state index in [-0.39, 0.29) is 22.8 Å². The normalized spacial score (nSPS) is 12.2. The standard InChI is InChI=1S/C19H16FN5O3/c1-10(11-4-3-5-13(8-11)28-2)21-18(26)16-17-19(27)22-14-9-12(20)6-7-15(14)25(17)24-23-16/h3-10H,1-2H3,(H,21,26)(H,22,27). The van der Waals surface area contributed by atoms with Gasteiger partial charge in [-0.25, -0.2) is 8.91 Å². The number of ether oxygens (including phenoxy) is 1. The van der Waals surface area contributed by atoms with Gasteiger partial charge in [0.15, 0.2) is 11.2 Å². The van der Waals surface area contributed by atoms with Crippen molar-refractivity contribution in [2.45, 2.75) is 13.0 Å². The van der Waals surface area contributed by atoms with E-state index in [9.17, 15) is 14.0 Å². The number of rotatable bonds is 4. The molecule has 0 saturated heterocycles. The second kappa shape index (κ2) is 6.76. The topological polar surface area (TPSA) is 101 Å². The van der Waals surface area contributed by atoms with Gasteiger partial charge in [-0.3, -0.25) is 9.59 Å². The smallest absolute Gasteiger partial charge is 0.277 e. The minimum absolute atomic E-state index is 0.00514. The molecular weight excluding hydrogens is 365 g/mol. The van der Waals surface area contributed by atoms with Gasteiger partial charge in [-0.15, -0.1) is 5.10 Å². The number of halogens is 1. The molecule has 1 atom stereocenters. The summed E-state index contributed by atoms with van der Waals surface area (Å²) in [6.07, 6.45) is 0. The highest BCUT2D eigenvalue weighted by Crippen LogP contribution is 2.20. The Balaban J connectivity index is 1.71. The van der Waals surface area contributed by atoms with Gasteiger partial charge in [0, 0.05) is 0 Å². The molecule has 0 spiro atoms. The quantitative estimate of drug-likeness (QED) is 0.564. The number of methoxy groups -OCH3 is 1. The minimum atomic E-state index is -0.581. The highest BCUT2D eigenvalue weighted by Gasteiger charge is 2.21. The van der Waals surface area contributed by atoms with Crippen molar-refractivity contribution in [1.29, 1.82) is 0 Å². The van der Waals surface area contributed by atoms with Gasteiger partial charge in [-0.1, -0.05) is 17.3 Å². The van der Waals surface area contributed by atoms with Crippen LogP contribution in [0.3, 0.4) is 0 Å². The zero-order chi connectivity index (χ0) is 19.8. The van der Waals surface area contributed by atoms with Gasteiger partial charge >= 0.3 is 0 Å². The van der Waals surface area contributed by atoms with Gasteiger partial charge in [0.2, 0.25) is 0 Å². The lowest BCUT2D eigenvalue weighted by molar-refractivity contribution is 0.0936. The van der Waals surface area contributed by atoms with E-state index in [2.05, 4.69) is 20.6 Å². The van der Waals surface area contributed by atoms with Gasteiger partial charge in [-0.2, -0.15) is 0 Å². The molecule has 0 bridgehead atoms. The largest absolute Gasteiger partial charge is 0.497 e. The minimum Gasteiger partial charge on any atom is -0.497 e. The number of hydrogen-bond donors (Lipinski definition) is 2. The van der Waals surface area contributed by atoms with Crippen molar-refractivity contribution in [3.8, 4) is 5.75 Å². The predicted molar refractivity (Wildman–Crippen MR) is 99.9 cm³/mol. The highest BCUT2D eigenvalue weighted by molar-refractivity contribution is 5.99. The van der Waals surface area contributed by atoms with E-state index < -0.39 is 17.3 Å². The van der Waals surface area contributed by atoms with Gasteiger partial charge < -0.3 is 15.0 Å². The van der Waals surface area contributed by atoms with Crippen LogP contribution in [0, 0.1) is 5.82 Å². The van der Waals surface area contributed by atoms with Crippen molar-refractivity contribution in [1.82, 2.24) is 25.1 Å². The summed E-state index contributed by atoms with van der Waals surface area (Å²) in [6, 6.07) is 10.8. The van der Waals surface area contributed by atoms with E-state index in [0.29, 0.717) is 11.3 Å². The van der Waals surface area contributed by atoms with Gasteiger partial charge in [0.25, 0.3) is 11.5 Å². The predicted octanol–water partition coefficient (Wildman–Crippen LogP) is 2.21. The molecule has 0 aliphatic heterocycles. The Morgan fingerprint density at radius 2 is 2.11 bits per heavy atom. The molecule has 142 valence electrons. The monoisotopic (exact) mass is 381 g/mol. The summed E-state index contributed by atoms with van der Waals surface area (Å²) in [7, 11) is 1.56. The van der Waals surface area contributed by atoms with E-state index in [1.807, 2.05) is 18.2 Å². The van der Waals surface area contributed by atoms with Crippen LogP contribution in [0.4, 0.5) is 4.39 Å². The maximum Gasteiger partial charge on any atom is 0.277 e. The third kappa shape index (κ3) is 2.96. The summed E-state index contributed by atoms with van der Waals surface area (Å²) in [5.74, 6) is -0.368. The number of fused-ring (bicyclic) bond motifs is 3. The van der Waals surface area contributed by atoms with E-state index >= 15 is 0 Å². The highest BCUT2D eigenvalue weighted by atomic mass is 19.1. The van der Waals surface area contributed by atoms with Crippen molar-refractivity contribution in [2.24, 2.45) is 0 Å². The summed E-state index contributed by atoms with van der Waals surface area (Å²) in [6.45, 7) is 1.81. The zero-order valence-electron chi connectivity index (χ0n) is 15.1. The van der Waals surface area contributed by atoms with Crippen LogP contribution in [0.5, 0.6) is 5.75 Å². The maximum absolute atomic E-state index is 13.4. The maximum atomic E-state index is 13.4. The SMILES string of the molecule is COc1cccc(C(C)NC(=O)c2nnn3c2c(=O)[nH]c2cc(F)ccc23)c1. The Hall–Kier alpha value is -3.75. The number of nitrogens with zero attached hydrogens (tertiary/aromatic N) is 3. The number of aromatic amines is 1. The molecule has 0 fully saturated rings. The van der Waals surface area contributed by atoms with E-state index in [4.69, 9.17) is 4.74 Å². The van der Waals surface area contributed by atoms with Crippen LogP contribution in [-0.2, 0) is 0 Å². The number of carbonyl (C=O) groups excluding carboxylic acids is 1. The second-order valence-corrected chi connectivity index (χ2v) is 6.29. The third-order valence-electron chi connectivity index (χ3n) is 4.48. The van der Waals surface area contributed by atoms with E-state index in [1.54, 1.807) is 20.1 Å². The molecule has 0 radical (unpaired) electrons. The summed E-state index contributed by atoms with van der Waals surface area (Å²) in [5.41, 5.74) is 0.834. The first-order valence-corrected chi connectivity index (χ1v) is 8.49. The fourth-order valence-electron chi connectivity index (χ4n) is 3.04. The molecule has 1 unspecified atom stereocenters. The fourth-order valence-corrected chi connectivity index (χ4v) is 3.04. The Morgan fingerprint density at radius 1 is 1.29 bits per heavy atom. The second-order valence-electron chi connectivity index (χ2n) is 6.29. The molecule has 0 aliphatic rings. The van der Waals surface area contributed by atoms with Crippen LogP contribution in [0.15, 0.2) is 47.3 Å². The van der Waals surface area contributed by atoms with Crippen LogP contribution in [0.2, 0.25) is 0 Å². The van der Waals surface area contributed by atoms with Crippen LogP contribution in [0.1, 0.15) is 29.0 Å². The molecule has 28 heavy (non-hydrogen) atoms. The fraction of sp³-hybridized carbons (Fsp3) is 0.158. The Labute approximate surface area is 157 Å². The average molecular weight is 381 g/mol. The van der Waals surface area contributed by atoms with Crippen molar-refractivity contribution in [3.63, 3.8) is 0 Å². The number of H-pyrrole nitrogens is 1. The number of benzene rings is 2. The average Bonchev–Trinajstić information content (AvgIpc) is 3.14. The van der Waals surface area contributed by atoms with Crippen LogP contribution >= 0.6 is 0 Å². The number of hydrogen-bond acceptors (Lipinski definition) is 5. The lowest BCUT2D eigenvalue weighted by atomic mass is 10.1. The zero-order valence-corrected chi connectivity index (χ0v) is 15.1. The first kappa shape index (κ1) is 17.7. The van der Waals surface area contributed by atoms with Crippen molar-refractivity contribution in [3.05, 3.63) is 69.9 Å². The van der Waals surface area contributed by atoms with Crippen molar-refractivity contribution < 1.29 is 13.9 Å². The molecule has 9 heteroatoms. The lowest BCUT2D eigenvalue weighted by Crippen LogP contribution is -2.28. The number of aromatic nitrogens is 4. The summed E-state index contributed by atoms with van der Waals surface area (Å²) in [4.78, 5) is 27.7. The third-order valence-corrected chi connectivity index (χ3v) is 4.48. The molecule has 2 aromatic heterocycles. The molecule has 4 rings (SSSR count). The van der Waals surface area contributed by atoms with E-state index in [1.165, 1.54) is 22.7 Å². The molecule has 1 amide bonds. The first-order valence-electron chi connectivity index (χ1n) is 8.49. The van der Waals surface area contributed by atoms with Crippen LogP contribution in [0.25, 0.3) is 16.6 Å². The summed E-state index contributed by atoms with van der Waals surface area (Å²) < 4.78 is 19.8.